The van der Waals surface area contributed by atoms with Crippen molar-refractivity contribution >= 4 is 23.0 Å². The number of amides is 2. The number of hydrogen-bond donors (Lipinski definition) is 2. The van der Waals surface area contributed by atoms with Gasteiger partial charge in [-0.1, -0.05) is 18.2 Å². The van der Waals surface area contributed by atoms with E-state index in [-0.39, 0.29) is 17.6 Å². The van der Waals surface area contributed by atoms with Crippen LogP contribution in [0.5, 0.6) is 0 Å². The van der Waals surface area contributed by atoms with Crippen molar-refractivity contribution in [1.82, 2.24) is 24.7 Å². The normalized spacial score (nSPS) is 17.9. The summed E-state index contributed by atoms with van der Waals surface area (Å²) in [6, 6.07) is 11.1. The van der Waals surface area contributed by atoms with Crippen molar-refractivity contribution in [3.05, 3.63) is 65.0 Å². The summed E-state index contributed by atoms with van der Waals surface area (Å²) in [5.74, 6) is 0.367. The maximum Gasteiger partial charge on any atom is 0.416 e. The molecule has 196 valence electrons. The number of carboxylic acid groups (broad SMARTS) is 1. The Balaban J connectivity index is 1.17. The largest absolute Gasteiger partial charge is 0.465 e. The number of aromatic nitrogens is 2. The van der Waals surface area contributed by atoms with E-state index in [2.05, 4.69) is 14.9 Å². The third-order valence-corrected chi connectivity index (χ3v) is 7.29. The number of fused-ring (bicyclic) bond motifs is 1. The van der Waals surface area contributed by atoms with Gasteiger partial charge in [0.15, 0.2) is 5.82 Å². The number of piperidine rings is 1. The molecule has 0 atom stereocenters. The molecule has 11 heteroatoms. The molecular formula is C26H28F3N5O3. The minimum Gasteiger partial charge on any atom is -0.465 e. The van der Waals surface area contributed by atoms with Crippen LogP contribution in [-0.2, 0) is 12.7 Å². The minimum absolute atomic E-state index is 0.179. The molecule has 0 saturated carbocycles. The van der Waals surface area contributed by atoms with Gasteiger partial charge in [-0.25, -0.2) is 9.78 Å². The summed E-state index contributed by atoms with van der Waals surface area (Å²) >= 11 is 0. The smallest absolute Gasteiger partial charge is 0.416 e. The summed E-state index contributed by atoms with van der Waals surface area (Å²) in [5.41, 5.74) is 2.73. The van der Waals surface area contributed by atoms with Crippen LogP contribution in [-0.4, -0.2) is 81.0 Å². The molecule has 0 unspecified atom stereocenters. The molecule has 2 saturated heterocycles. The van der Waals surface area contributed by atoms with Gasteiger partial charge in [0.2, 0.25) is 0 Å². The fourth-order valence-electron chi connectivity index (χ4n) is 5.10. The number of piperazine rings is 1. The molecule has 0 aliphatic carbocycles. The Kier molecular flexibility index (Phi) is 6.80. The van der Waals surface area contributed by atoms with E-state index in [1.165, 1.54) is 17.0 Å². The van der Waals surface area contributed by atoms with E-state index in [4.69, 9.17) is 5.11 Å². The van der Waals surface area contributed by atoms with Crippen LogP contribution in [0.3, 0.4) is 0 Å². The van der Waals surface area contributed by atoms with Crippen molar-refractivity contribution in [3.8, 4) is 0 Å². The van der Waals surface area contributed by atoms with Crippen molar-refractivity contribution in [2.75, 3.05) is 39.3 Å². The third-order valence-electron chi connectivity index (χ3n) is 7.29. The summed E-state index contributed by atoms with van der Waals surface area (Å²) in [6.45, 7) is 3.79. The zero-order chi connectivity index (χ0) is 26.2. The summed E-state index contributed by atoms with van der Waals surface area (Å²) in [6.07, 6.45) is -3.71. The van der Waals surface area contributed by atoms with Gasteiger partial charge in [0, 0.05) is 45.8 Å². The molecule has 0 radical (unpaired) electrons. The van der Waals surface area contributed by atoms with Crippen LogP contribution < -0.4 is 0 Å². The van der Waals surface area contributed by atoms with Gasteiger partial charge in [0.25, 0.3) is 5.91 Å². The van der Waals surface area contributed by atoms with E-state index in [1.54, 1.807) is 4.90 Å². The second-order valence-corrected chi connectivity index (χ2v) is 9.67. The fourth-order valence-corrected chi connectivity index (χ4v) is 5.10. The minimum atomic E-state index is -4.34. The molecule has 2 aliphatic heterocycles. The number of benzene rings is 2. The monoisotopic (exact) mass is 515 g/mol. The van der Waals surface area contributed by atoms with Crippen LogP contribution in [0.25, 0.3) is 11.0 Å². The Morgan fingerprint density at radius 1 is 0.946 bits per heavy atom. The number of aromatic amines is 1. The molecule has 2 fully saturated rings. The number of hydrogen-bond acceptors (Lipinski definition) is 4. The van der Waals surface area contributed by atoms with Crippen molar-refractivity contribution in [2.45, 2.75) is 31.5 Å². The number of imidazole rings is 1. The highest BCUT2D eigenvalue weighted by Gasteiger charge is 2.30. The zero-order valence-corrected chi connectivity index (χ0v) is 20.2. The zero-order valence-electron chi connectivity index (χ0n) is 20.2. The number of likely N-dealkylation sites (tertiary alicyclic amines) is 1. The van der Waals surface area contributed by atoms with Crippen LogP contribution in [0.1, 0.15) is 46.1 Å². The van der Waals surface area contributed by atoms with Crippen LogP contribution in [0.15, 0.2) is 42.5 Å². The van der Waals surface area contributed by atoms with E-state index in [1.807, 2.05) is 18.2 Å². The van der Waals surface area contributed by atoms with Crippen molar-refractivity contribution in [1.29, 1.82) is 0 Å². The van der Waals surface area contributed by atoms with Crippen LogP contribution >= 0.6 is 0 Å². The lowest BCUT2D eigenvalue weighted by molar-refractivity contribution is -0.137. The Hall–Kier alpha value is -3.60. The first-order chi connectivity index (χ1) is 17.7. The molecule has 37 heavy (non-hydrogen) atoms. The van der Waals surface area contributed by atoms with Crippen molar-refractivity contribution < 1.29 is 27.9 Å². The number of rotatable bonds is 4. The Morgan fingerprint density at radius 2 is 1.62 bits per heavy atom. The fraction of sp³-hybridized carbons (Fsp3) is 0.423. The van der Waals surface area contributed by atoms with E-state index in [0.717, 1.165) is 41.6 Å². The average Bonchev–Trinajstić information content (AvgIpc) is 3.32. The molecular weight excluding hydrogens is 487 g/mol. The highest BCUT2D eigenvalue weighted by Crippen LogP contribution is 2.31. The Labute approximate surface area is 211 Å². The van der Waals surface area contributed by atoms with Crippen LogP contribution in [0.4, 0.5) is 18.0 Å². The predicted molar refractivity (Wildman–Crippen MR) is 130 cm³/mol. The number of nitrogens with one attached hydrogen (secondary N) is 1. The van der Waals surface area contributed by atoms with E-state index < -0.39 is 17.8 Å². The molecule has 3 heterocycles. The molecule has 2 aliphatic rings. The van der Waals surface area contributed by atoms with E-state index >= 15 is 0 Å². The SMILES string of the molecule is O=C(O)N1CCC(c2ccc3nc(C(=O)N4CCN(Cc5ccc(C(F)(F)F)cc5)CC4)[nH]c3c2)CC1. The first kappa shape index (κ1) is 25.1. The summed E-state index contributed by atoms with van der Waals surface area (Å²) < 4.78 is 38.3. The highest BCUT2D eigenvalue weighted by molar-refractivity contribution is 5.94. The van der Waals surface area contributed by atoms with Gasteiger partial charge in [-0.15, -0.1) is 0 Å². The molecule has 1 aromatic heterocycles. The first-order valence-electron chi connectivity index (χ1n) is 12.3. The molecule has 5 rings (SSSR count). The summed E-state index contributed by atoms with van der Waals surface area (Å²) in [7, 11) is 0. The van der Waals surface area contributed by atoms with E-state index in [9.17, 15) is 22.8 Å². The first-order valence-corrected chi connectivity index (χ1v) is 12.3. The maximum atomic E-state index is 13.1. The number of carbonyl (C=O) groups excluding carboxylic acids is 1. The molecule has 0 bridgehead atoms. The van der Waals surface area contributed by atoms with Crippen molar-refractivity contribution in [3.63, 3.8) is 0 Å². The topological polar surface area (TPSA) is 92.8 Å². The Bertz CT molecular complexity index is 1270. The molecule has 2 aromatic carbocycles. The van der Waals surface area contributed by atoms with Gasteiger partial charge < -0.3 is 19.9 Å². The van der Waals surface area contributed by atoms with Gasteiger partial charge in [0.05, 0.1) is 16.6 Å². The molecule has 3 aromatic rings. The number of alkyl halides is 3. The molecule has 0 spiro atoms. The second-order valence-electron chi connectivity index (χ2n) is 9.67. The van der Waals surface area contributed by atoms with Gasteiger partial charge in [-0.3, -0.25) is 9.69 Å². The van der Waals surface area contributed by atoms with Gasteiger partial charge >= 0.3 is 12.3 Å². The van der Waals surface area contributed by atoms with Crippen molar-refractivity contribution in [2.24, 2.45) is 0 Å². The lowest BCUT2D eigenvalue weighted by Gasteiger charge is -2.34. The van der Waals surface area contributed by atoms with Gasteiger partial charge in [-0.05, 0) is 54.2 Å². The van der Waals surface area contributed by atoms with Crippen LogP contribution in [0.2, 0.25) is 0 Å². The quantitative estimate of drug-likeness (QED) is 0.538. The lowest BCUT2D eigenvalue weighted by atomic mass is 9.89. The summed E-state index contributed by atoms with van der Waals surface area (Å²) in [5, 5.41) is 9.15. The van der Waals surface area contributed by atoms with E-state index in [0.29, 0.717) is 51.3 Å². The maximum absolute atomic E-state index is 13.1. The third kappa shape index (κ3) is 5.56. The highest BCUT2D eigenvalue weighted by atomic mass is 19.4. The number of carbonyl (C=O) groups is 2. The number of halogens is 3. The van der Waals surface area contributed by atoms with Gasteiger partial charge in [0.1, 0.15) is 0 Å². The molecule has 8 nitrogen and oxygen atoms in total. The Morgan fingerprint density at radius 3 is 2.24 bits per heavy atom. The van der Waals surface area contributed by atoms with Crippen LogP contribution in [0, 0.1) is 0 Å². The van der Waals surface area contributed by atoms with Gasteiger partial charge in [-0.2, -0.15) is 13.2 Å². The molecule has 2 amide bonds. The number of nitrogens with zero attached hydrogens (tertiary/aromatic N) is 4. The molecule has 2 N–H and O–H groups in total. The number of H-pyrrole nitrogens is 1. The average molecular weight is 516 g/mol. The standard InChI is InChI=1S/C26H28F3N5O3/c27-26(28,29)20-4-1-17(2-5-20)16-32-11-13-33(14-12-32)24(35)23-30-21-6-3-19(15-22(21)31-23)18-7-9-34(10-8-18)25(36)37/h1-6,15,18H,7-14,16H2,(H,30,31)(H,36,37). The lowest BCUT2D eigenvalue weighted by Crippen LogP contribution is -2.48. The summed E-state index contributed by atoms with van der Waals surface area (Å²) in [4.78, 5) is 37.2. The second kappa shape index (κ2) is 10.0. The predicted octanol–water partition coefficient (Wildman–Crippen LogP) is 4.40.